The highest BCUT2D eigenvalue weighted by atomic mass is 28.4. The Kier molecular flexibility index (Phi) is 7.00. The number of alkyl halides is 3. The summed E-state index contributed by atoms with van der Waals surface area (Å²) < 4.78 is 50.6. The molecule has 2 rings (SSSR count). The van der Waals surface area contributed by atoms with E-state index in [4.69, 9.17) is 9.16 Å². The van der Waals surface area contributed by atoms with Crippen molar-refractivity contribution in [3.8, 4) is 0 Å². The Morgan fingerprint density at radius 2 is 1.64 bits per heavy atom. The highest BCUT2D eigenvalue weighted by molar-refractivity contribution is 6.74. The van der Waals surface area contributed by atoms with Gasteiger partial charge in [0.05, 0.1) is 23.9 Å². The van der Waals surface area contributed by atoms with Gasteiger partial charge in [-0.2, -0.15) is 13.2 Å². The molecule has 1 saturated heterocycles. The molecule has 1 fully saturated rings. The summed E-state index contributed by atoms with van der Waals surface area (Å²) >= 11 is 0. The third-order valence-corrected chi connectivity index (χ3v) is 10.1. The average molecular weight is 413 g/mol. The fourth-order valence-electron chi connectivity index (χ4n) is 2.92. The first-order valence-electron chi connectivity index (χ1n) is 9.63. The molecule has 0 aromatic heterocycles. The van der Waals surface area contributed by atoms with E-state index in [0.717, 1.165) is 25.0 Å². The lowest BCUT2D eigenvalue weighted by Gasteiger charge is -2.42. The van der Waals surface area contributed by atoms with Crippen molar-refractivity contribution in [3.63, 3.8) is 0 Å². The van der Waals surface area contributed by atoms with Crippen molar-refractivity contribution < 1.29 is 22.3 Å². The Morgan fingerprint density at radius 3 is 2.14 bits per heavy atom. The fourth-order valence-corrected chi connectivity index (χ4v) is 4.30. The van der Waals surface area contributed by atoms with Crippen LogP contribution in [0, 0.1) is 0 Å². The maximum atomic E-state index is 12.7. The van der Waals surface area contributed by atoms with Crippen molar-refractivity contribution >= 4 is 14.4 Å². The molecule has 0 radical (unpaired) electrons. The molecule has 1 aromatic carbocycles. The van der Waals surface area contributed by atoms with Crippen LogP contribution in [0.25, 0.3) is 6.08 Å². The first-order valence-corrected chi connectivity index (χ1v) is 12.5. The third-order valence-electron chi connectivity index (χ3n) is 5.61. The largest absolute Gasteiger partial charge is 0.416 e. The Morgan fingerprint density at radius 1 is 1.07 bits per heavy atom. The standard InChI is InChI=1S/C22H31F3O2Si/c1-7-18-14-20(27-28(5,6)21(2,3)4)15-19(26-18)13-10-16-8-11-17(12-9-16)22(23,24)25/h7-13,18-20H,1,14-15H2,2-6H3/b13-10-/t18-,19+,20+/m0/s1. The predicted octanol–water partition coefficient (Wildman–Crippen LogP) is 6.84. The molecule has 0 N–H and O–H groups in total. The summed E-state index contributed by atoms with van der Waals surface area (Å²) in [7, 11) is -1.90. The highest BCUT2D eigenvalue weighted by Crippen LogP contribution is 2.39. The molecule has 0 saturated carbocycles. The van der Waals surface area contributed by atoms with E-state index in [0.29, 0.717) is 5.56 Å². The number of benzene rings is 1. The molecule has 1 aromatic rings. The minimum atomic E-state index is -4.32. The SMILES string of the molecule is C=C[C@H]1C[C@@H](O[Si](C)(C)C(C)(C)C)C[C@@H](/C=C\c2ccc(C(F)(F)F)cc2)O1. The highest BCUT2D eigenvalue weighted by Gasteiger charge is 2.41. The van der Waals surface area contributed by atoms with Crippen molar-refractivity contribution in [3.05, 3.63) is 54.1 Å². The van der Waals surface area contributed by atoms with Gasteiger partial charge in [0.25, 0.3) is 0 Å². The van der Waals surface area contributed by atoms with Gasteiger partial charge in [-0.1, -0.05) is 51.1 Å². The first-order chi connectivity index (χ1) is 12.8. The lowest BCUT2D eigenvalue weighted by atomic mass is 10.00. The van der Waals surface area contributed by atoms with E-state index in [1.54, 1.807) is 12.2 Å². The van der Waals surface area contributed by atoms with Crippen LogP contribution >= 0.6 is 0 Å². The van der Waals surface area contributed by atoms with Crippen LogP contribution in [-0.2, 0) is 15.3 Å². The normalized spacial score (nSPS) is 24.5. The van der Waals surface area contributed by atoms with E-state index < -0.39 is 20.1 Å². The molecule has 0 amide bonds. The van der Waals surface area contributed by atoms with E-state index in [1.807, 2.05) is 6.08 Å². The van der Waals surface area contributed by atoms with Crippen LogP contribution in [0.2, 0.25) is 18.1 Å². The number of halogens is 3. The van der Waals surface area contributed by atoms with Gasteiger partial charge in [-0.05, 0) is 35.8 Å². The number of rotatable bonds is 5. The van der Waals surface area contributed by atoms with Gasteiger partial charge >= 0.3 is 6.18 Å². The van der Waals surface area contributed by atoms with Crippen LogP contribution in [0.15, 0.2) is 43.0 Å². The Bertz CT molecular complexity index is 687. The van der Waals surface area contributed by atoms with Crippen LogP contribution < -0.4 is 0 Å². The molecular formula is C22H31F3O2Si. The number of hydrogen-bond donors (Lipinski definition) is 0. The molecule has 0 unspecified atom stereocenters. The summed E-state index contributed by atoms with van der Waals surface area (Å²) in [5, 5.41) is 0.126. The maximum Gasteiger partial charge on any atom is 0.416 e. The van der Waals surface area contributed by atoms with Crippen LogP contribution in [0.1, 0.15) is 44.7 Å². The number of ether oxygens (including phenoxy) is 1. The van der Waals surface area contributed by atoms with Gasteiger partial charge < -0.3 is 9.16 Å². The lowest BCUT2D eigenvalue weighted by Crippen LogP contribution is -2.47. The fraction of sp³-hybridized carbons (Fsp3) is 0.545. The van der Waals surface area contributed by atoms with E-state index in [-0.39, 0.29) is 23.4 Å². The zero-order chi connectivity index (χ0) is 21.2. The molecule has 1 heterocycles. The van der Waals surface area contributed by atoms with Crippen LogP contribution in [-0.4, -0.2) is 26.6 Å². The van der Waals surface area contributed by atoms with E-state index >= 15 is 0 Å². The lowest BCUT2D eigenvalue weighted by molar-refractivity contribution is -0.137. The van der Waals surface area contributed by atoms with E-state index in [1.165, 1.54) is 12.1 Å². The maximum absolute atomic E-state index is 12.7. The second-order valence-corrected chi connectivity index (χ2v) is 13.7. The summed E-state index contributed by atoms with van der Waals surface area (Å²) in [6, 6.07) is 5.13. The second kappa shape index (κ2) is 8.55. The topological polar surface area (TPSA) is 18.5 Å². The zero-order valence-corrected chi connectivity index (χ0v) is 18.3. The summed E-state index contributed by atoms with van der Waals surface area (Å²) in [6.45, 7) is 15.0. The average Bonchev–Trinajstić information content (AvgIpc) is 2.58. The molecule has 0 bridgehead atoms. The Hall–Kier alpha value is -1.37. The smallest absolute Gasteiger partial charge is 0.414 e. The third kappa shape index (κ3) is 6.06. The van der Waals surface area contributed by atoms with Gasteiger partial charge in [-0.15, -0.1) is 6.58 Å². The minimum absolute atomic E-state index is 0.0832. The monoisotopic (exact) mass is 412 g/mol. The molecule has 3 atom stereocenters. The molecule has 1 aliphatic heterocycles. The molecule has 6 heteroatoms. The summed E-state index contributed by atoms with van der Waals surface area (Å²) in [5.41, 5.74) is 0.0623. The Balaban J connectivity index is 2.08. The molecule has 28 heavy (non-hydrogen) atoms. The van der Waals surface area contributed by atoms with Crippen molar-refractivity contribution in [2.45, 2.75) is 76.2 Å². The van der Waals surface area contributed by atoms with Crippen molar-refractivity contribution in [1.82, 2.24) is 0 Å². The van der Waals surface area contributed by atoms with Gasteiger partial charge in [-0.3, -0.25) is 0 Å². The quantitative estimate of drug-likeness (QED) is 0.389. The van der Waals surface area contributed by atoms with E-state index in [2.05, 4.69) is 40.4 Å². The van der Waals surface area contributed by atoms with Gasteiger partial charge in [0.1, 0.15) is 0 Å². The van der Waals surface area contributed by atoms with Crippen molar-refractivity contribution in [2.75, 3.05) is 0 Å². The van der Waals surface area contributed by atoms with Crippen LogP contribution in [0.5, 0.6) is 0 Å². The molecule has 0 spiro atoms. The summed E-state index contributed by atoms with van der Waals surface area (Å²) in [4.78, 5) is 0. The van der Waals surface area contributed by atoms with Crippen molar-refractivity contribution in [1.29, 1.82) is 0 Å². The number of hydrogen-bond acceptors (Lipinski definition) is 2. The zero-order valence-electron chi connectivity index (χ0n) is 17.3. The molecular weight excluding hydrogens is 381 g/mol. The van der Waals surface area contributed by atoms with Crippen molar-refractivity contribution in [2.24, 2.45) is 0 Å². The second-order valence-electron chi connectivity index (χ2n) is 8.90. The molecule has 1 aliphatic rings. The minimum Gasteiger partial charge on any atom is -0.414 e. The Labute approximate surface area is 167 Å². The first kappa shape index (κ1) is 22.9. The van der Waals surface area contributed by atoms with Gasteiger partial charge in [0.15, 0.2) is 8.32 Å². The summed E-state index contributed by atoms with van der Waals surface area (Å²) in [6.07, 6.45) is 2.52. The molecule has 156 valence electrons. The van der Waals surface area contributed by atoms with Crippen LogP contribution in [0.3, 0.4) is 0 Å². The predicted molar refractivity (Wildman–Crippen MR) is 111 cm³/mol. The van der Waals surface area contributed by atoms with E-state index in [9.17, 15) is 13.2 Å². The summed E-state index contributed by atoms with van der Waals surface area (Å²) in [5.74, 6) is 0. The van der Waals surface area contributed by atoms with Gasteiger partial charge in [-0.25, -0.2) is 0 Å². The molecule has 0 aliphatic carbocycles. The molecule has 2 nitrogen and oxygen atoms in total. The van der Waals surface area contributed by atoms with Gasteiger partial charge in [0, 0.05) is 12.8 Å². The van der Waals surface area contributed by atoms with Crippen LogP contribution in [0.4, 0.5) is 13.2 Å². The van der Waals surface area contributed by atoms with Gasteiger partial charge in [0.2, 0.25) is 0 Å².